The number of ether oxygens (including phenoxy) is 1. The summed E-state index contributed by atoms with van der Waals surface area (Å²) in [6.45, 7) is 6.75. The van der Waals surface area contributed by atoms with E-state index in [4.69, 9.17) is 14.7 Å². The van der Waals surface area contributed by atoms with E-state index in [-0.39, 0.29) is 0 Å². The van der Waals surface area contributed by atoms with Crippen molar-refractivity contribution >= 4 is 11.6 Å². The highest BCUT2D eigenvalue weighted by atomic mass is 16.5. The van der Waals surface area contributed by atoms with Gasteiger partial charge in [0, 0.05) is 31.7 Å². The summed E-state index contributed by atoms with van der Waals surface area (Å²) < 4.78 is 5.51. The fourth-order valence-electron chi connectivity index (χ4n) is 2.73. The van der Waals surface area contributed by atoms with Gasteiger partial charge in [0.1, 0.15) is 17.5 Å². The van der Waals surface area contributed by atoms with Crippen LogP contribution in [0.15, 0.2) is 0 Å². The molecule has 5 heteroatoms. The maximum absolute atomic E-state index is 5.51. The van der Waals surface area contributed by atoms with Crippen molar-refractivity contribution in [3.05, 3.63) is 11.4 Å². The molecule has 1 aliphatic carbocycles. The van der Waals surface area contributed by atoms with Crippen LogP contribution in [0.3, 0.4) is 0 Å². The summed E-state index contributed by atoms with van der Waals surface area (Å²) in [4.78, 5) is 11.8. The van der Waals surface area contributed by atoms with Crippen LogP contribution in [0.5, 0.6) is 0 Å². The fourth-order valence-corrected chi connectivity index (χ4v) is 2.73. The Labute approximate surface area is 120 Å². The van der Waals surface area contributed by atoms with Crippen LogP contribution < -0.4 is 10.2 Å². The lowest BCUT2D eigenvalue weighted by Crippen LogP contribution is -2.33. The monoisotopic (exact) mass is 276 g/mol. The first kappa shape index (κ1) is 13.6. The summed E-state index contributed by atoms with van der Waals surface area (Å²) in [6.07, 6.45) is 3.53. The van der Waals surface area contributed by atoms with Crippen LogP contribution in [0, 0.1) is 6.92 Å². The first-order valence-corrected chi connectivity index (χ1v) is 7.63. The molecule has 5 nitrogen and oxygen atoms in total. The van der Waals surface area contributed by atoms with Gasteiger partial charge < -0.3 is 15.0 Å². The number of hydrogen-bond acceptors (Lipinski definition) is 5. The summed E-state index contributed by atoms with van der Waals surface area (Å²) in [7, 11) is 2.13. The quantitative estimate of drug-likeness (QED) is 0.894. The minimum absolute atomic E-state index is 0.435. The van der Waals surface area contributed by atoms with Crippen molar-refractivity contribution in [3.8, 4) is 0 Å². The van der Waals surface area contributed by atoms with E-state index >= 15 is 0 Å². The van der Waals surface area contributed by atoms with Crippen molar-refractivity contribution < 1.29 is 4.74 Å². The second-order valence-corrected chi connectivity index (χ2v) is 5.81. The van der Waals surface area contributed by atoms with Gasteiger partial charge in [-0.05, 0) is 33.1 Å². The van der Waals surface area contributed by atoms with Gasteiger partial charge in [-0.1, -0.05) is 0 Å². The predicted molar refractivity (Wildman–Crippen MR) is 80.5 cm³/mol. The Balaban J connectivity index is 1.94. The van der Waals surface area contributed by atoms with Crippen molar-refractivity contribution in [3.63, 3.8) is 0 Å². The Morgan fingerprint density at radius 2 is 2.10 bits per heavy atom. The molecule has 0 spiro atoms. The highest BCUT2D eigenvalue weighted by molar-refractivity contribution is 5.59. The van der Waals surface area contributed by atoms with Crippen molar-refractivity contribution in [1.82, 2.24) is 9.97 Å². The molecule has 1 saturated heterocycles. The lowest BCUT2D eigenvalue weighted by Gasteiger charge is -2.27. The van der Waals surface area contributed by atoms with Crippen molar-refractivity contribution in [2.24, 2.45) is 0 Å². The van der Waals surface area contributed by atoms with Crippen LogP contribution in [0.2, 0.25) is 0 Å². The zero-order valence-electron chi connectivity index (χ0n) is 12.6. The Morgan fingerprint density at radius 1 is 1.30 bits per heavy atom. The molecule has 1 atom stereocenters. The van der Waals surface area contributed by atoms with Gasteiger partial charge in [-0.15, -0.1) is 0 Å². The van der Waals surface area contributed by atoms with E-state index in [2.05, 4.69) is 31.1 Å². The molecular weight excluding hydrogens is 252 g/mol. The van der Waals surface area contributed by atoms with E-state index in [1.165, 1.54) is 12.8 Å². The highest BCUT2D eigenvalue weighted by Crippen LogP contribution is 2.40. The second kappa shape index (κ2) is 5.56. The normalized spacial score (nSPS) is 22.1. The number of aromatic nitrogens is 2. The smallest absolute Gasteiger partial charge is 0.137 e. The SMILES string of the molecule is CCNc1nc(C2CC2)nc(N(C)C2CCOC2)c1C. The van der Waals surface area contributed by atoms with Crippen LogP contribution in [0.4, 0.5) is 11.6 Å². The molecule has 1 unspecified atom stereocenters. The molecule has 20 heavy (non-hydrogen) atoms. The van der Waals surface area contributed by atoms with E-state index in [0.717, 1.165) is 49.2 Å². The topological polar surface area (TPSA) is 50.3 Å². The minimum atomic E-state index is 0.435. The van der Waals surface area contributed by atoms with Gasteiger partial charge in [-0.3, -0.25) is 0 Å². The Kier molecular flexibility index (Phi) is 3.78. The van der Waals surface area contributed by atoms with E-state index in [1.807, 2.05) is 0 Å². The summed E-state index contributed by atoms with van der Waals surface area (Å²) in [5.41, 5.74) is 1.14. The second-order valence-electron chi connectivity index (χ2n) is 5.81. The molecule has 0 radical (unpaired) electrons. The van der Waals surface area contributed by atoms with Crippen LogP contribution >= 0.6 is 0 Å². The minimum Gasteiger partial charge on any atom is -0.379 e. The van der Waals surface area contributed by atoms with E-state index in [9.17, 15) is 0 Å². The lowest BCUT2D eigenvalue weighted by atomic mass is 10.2. The zero-order valence-corrected chi connectivity index (χ0v) is 12.6. The molecule has 0 aromatic carbocycles. The third kappa shape index (κ3) is 2.59. The standard InChI is InChI=1S/C15H24N4O/c1-4-16-13-10(2)15(18-14(17-13)11-5-6-11)19(3)12-7-8-20-9-12/h11-12H,4-9H2,1-3H3,(H,16,17,18). The van der Waals surface area contributed by atoms with Gasteiger partial charge in [0.25, 0.3) is 0 Å². The fraction of sp³-hybridized carbons (Fsp3) is 0.733. The number of rotatable bonds is 5. The molecule has 1 aliphatic heterocycles. The number of likely N-dealkylation sites (N-methyl/N-ethyl adjacent to an activating group) is 1. The average molecular weight is 276 g/mol. The molecule has 1 aromatic rings. The number of hydrogen-bond donors (Lipinski definition) is 1. The van der Waals surface area contributed by atoms with E-state index in [0.29, 0.717) is 12.0 Å². The number of nitrogens with one attached hydrogen (secondary N) is 1. The number of anilines is 2. The summed E-state index contributed by atoms with van der Waals surface area (Å²) in [5, 5.41) is 3.38. The van der Waals surface area contributed by atoms with Gasteiger partial charge in [-0.2, -0.15) is 0 Å². The largest absolute Gasteiger partial charge is 0.379 e. The van der Waals surface area contributed by atoms with Crippen LogP contribution in [0.25, 0.3) is 0 Å². The van der Waals surface area contributed by atoms with E-state index < -0.39 is 0 Å². The molecule has 1 N–H and O–H groups in total. The average Bonchev–Trinajstić information content (AvgIpc) is 3.15. The van der Waals surface area contributed by atoms with Gasteiger partial charge >= 0.3 is 0 Å². The summed E-state index contributed by atoms with van der Waals surface area (Å²) >= 11 is 0. The molecule has 1 aromatic heterocycles. The third-order valence-electron chi connectivity index (χ3n) is 4.21. The molecule has 110 valence electrons. The molecule has 2 aliphatic rings. The highest BCUT2D eigenvalue weighted by Gasteiger charge is 2.30. The van der Waals surface area contributed by atoms with Crippen molar-refractivity contribution in [2.75, 3.05) is 37.0 Å². The van der Waals surface area contributed by atoms with E-state index in [1.54, 1.807) is 0 Å². The van der Waals surface area contributed by atoms with Gasteiger partial charge in [0.15, 0.2) is 0 Å². The predicted octanol–water partition coefficient (Wildman–Crippen LogP) is 2.32. The molecule has 2 heterocycles. The first-order chi connectivity index (χ1) is 9.70. The van der Waals surface area contributed by atoms with Crippen molar-refractivity contribution in [2.45, 2.75) is 45.1 Å². The molecule has 0 bridgehead atoms. The molecular formula is C15H24N4O. The number of nitrogens with zero attached hydrogens (tertiary/aromatic N) is 3. The van der Waals surface area contributed by atoms with Gasteiger partial charge in [-0.25, -0.2) is 9.97 Å². The van der Waals surface area contributed by atoms with Crippen LogP contribution in [-0.4, -0.2) is 42.8 Å². The summed E-state index contributed by atoms with van der Waals surface area (Å²) in [6, 6.07) is 0.435. The Hall–Kier alpha value is -1.36. The van der Waals surface area contributed by atoms with Gasteiger partial charge in [0.05, 0.1) is 12.6 Å². The van der Waals surface area contributed by atoms with Crippen LogP contribution in [-0.2, 0) is 4.74 Å². The lowest BCUT2D eigenvalue weighted by molar-refractivity contribution is 0.193. The Morgan fingerprint density at radius 3 is 2.70 bits per heavy atom. The molecule has 1 saturated carbocycles. The van der Waals surface area contributed by atoms with Gasteiger partial charge in [0.2, 0.25) is 0 Å². The van der Waals surface area contributed by atoms with Crippen molar-refractivity contribution in [1.29, 1.82) is 0 Å². The Bertz CT molecular complexity index is 481. The molecule has 0 amide bonds. The zero-order chi connectivity index (χ0) is 14.1. The maximum atomic E-state index is 5.51. The summed E-state index contributed by atoms with van der Waals surface area (Å²) in [5.74, 6) is 3.63. The maximum Gasteiger partial charge on any atom is 0.137 e. The van der Waals surface area contributed by atoms with Crippen LogP contribution in [0.1, 0.15) is 43.5 Å². The molecule has 3 rings (SSSR count). The molecule has 2 fully saturated rings. The first-order valence-electron chi connectivity index (χ1n) is 7.63. The third-order valence-corrected chi connectivity index (χ3v) is 4.21.